The summed E-state index contributed by atoms with van der Waals surface area (Å²) < 4.78 is 0. The zero-order valence-electron chi connectivity index (χ0n) is 12.5. The molecule has 1 aliphatic rings. The van der Waals surface area contributed by atoms with Crippen LogP contribution in [0.25, 0.3) is 0 Å². The predicted molar refractivity (Wildman–Crippen MR) is 73.4 cm³/mol. The summed E-state index contributed by atoms with van der Waals surface area (Å²) in [4.78, 5) is 0. The van der Waals surface area contributed by atoms with E-state index in [1.807, 2.05) is 0 Å². The third-order valence-electron chi connectivity index (χ3n) is 5.88. The quantitative estimate of drug-likeness (QED) is 0.613. The van der Waals surface area contributed by atoms with Gasteiger partial charge >= 0.3 is 0 Å². The number of hydrogen-bond acceptors (Lipinski definition) is 0. The molecular formula is C16H32. The minimum Gasteiger partial charge on any atom is -0.0651 e. The Morgan fingerprint density at radius 3 is 1.94 bits per heavy atom. The summed E-state index contributed by atoms with van der Waals surface area (Å²) in [5.41, 5.74) is 0. The maximum Gasteiger partial charge on any atom is -0.0332 e. The first-order valence-corrected chi connectivity index (χ1v) is 7.40. The Morgan fingerprint density at radius 1 is 1.00 bits per heavy atom. The zero-order valence-corrected chi connectivity index (χ0v) is 12.5. The summed E-state index contributed by atoms with van der Waals surface area (Å²) in [6.07, 6.45) is 2.78. The smallest absolute Gasteiger partial charge is 0.0332 e. The second-order valence-electron chi connectivity index (χ2n) is 6.73. The van der Waals surface area contributed by atoms with Crippen molar-refractivity contribution in [3.05, 3.63) is 0 Å². The van der Waals surface area contributed by atoms with E-state index in [1.165, 1.54) is 12.8 Å². The maximum absolute atomic E-state index is 2.51. The molecule has 0 aromatic carbocycles. The summed E-state index contributed by atoms with van der Waals surface area (Å²) in [7, 11) is 0. The van der Waals surface area contributed by atoms with E-state index in [0.29, 0.717) is 0 Å². The topological polar surface area (TPSA) is 0 Å². The molecule has 0 aliphatic heterocycles. The summed E-state index contributed by atoms with van der Waals surface area (Å²) in [5.74, 6) is 6.41. The van der Waals surface area contributed by atoms with Crippen LogP contribution in [0, 0.1) is 41.4 Å². The Hall–Kier alpha value is 0. The molecule has 1 fully saturated rings. The molecule has 0 heteroatoms. The van der Waals surface area contributed by atoms with Crippen molar-refractivity contribution in [2.45, 2.75) is 61.3 Å². The molecule has 0 amide bonds. The van der Waals surface area contributed by atoms with Gasteiger partial charge in [0.1, 0.15) is 0 Å². The van der Waals surface area contributed by atoms with Crippen molar-refractivity contribution in [2.24, 2.45) is 41.4 Å². The van der Waals surface area contributed by atoms with Crippen LogP contribution < -0.4 is 0 Å². The fourth-order valence-corrected chi connectivity index (χ4v) is 4.09. The lowest BCUT2D eigenvalue weighted by Crippen LogP contribution is -2.29. The van der Waals surface area contributed by atoms with Gasteiger partial charge in [0, 0.05) is 0 Å². The van der Waals surface area contributed by atoms with E-state index in [4.69, 9.17) is 0 Å². The third kappa shape index (κ3) is 2.63. The molecule has 1 saturated carbocycles. The van der Waals surface area contributed by atoms with Crippen molar-refractivity contribution in [3.63, 3.8) is 0 Å². The molecule has 0 aromatic rings. The minimum atomic E-state index is 0.880. The molecule has 0 heterocycles. The molecule has 7 atom stereocenters. The van der Waals surface area contributed by atoms with E-state index in [-0.39, 0.29) is 0 Å². The monoisotopic (exact) mass is 224 g/mol. The maximum atomic E-state index is 2.51. The van der Waals surface area contributed by atoms with E-state index >= 15 is 0 Å². The van der Waals surface area contributed by atoms with Crippen molar-refractivity contribution in [1.82, 2.24) is 0 Å². The minimum absolute atomic E-state index is 0.880. The average Bonchev–Trinajstić information content (AvgIpc) is 2.50. The molecular weight excluding hydrogens is 192 g/mol. The van der Waals surface area contributed by atoms with E-state index in [1.54, 1.807) is 0 Å². The Bertz CT molecular complexity index is 208. The normalized spacial score (nSPS) is 40.7. The van der Waals surface area contributed by atoms with Gasteiger partial charge in [-0.2, -0.15) is 0 Å². The van der Waals surface area contributed by atoms with Crippen LogP contribution in [-0.2, 0) is 0 Å². The fraction of sp³-hybridized carbons (Fsp3) is 1.00. The number of rotatable bonds is 4. The average molecular weight is 224 g/mol. The van der Waals surface area contributed by atoms with Crippen LogP contribution in [0.2, 0.25) is 0 Å². The van der Waals surface area contributed by atoms with Gasteiger partial charge in [0.25, 0.3) is 0 Å². The van der Waals surface area contributed by atoms with Crippen LogP contribution in [0.15, 0.2) is 0 Å². The largest absolute Gasteiger partial charge is 0.0651 e. The molecule has 0 spiro atoms. The summed E-state index contributed by atoms with van der Waals surface area (Å²) in [6, 6.07) is 0. The Labute approximate surface area is 103 Å². The first kappa shape index (κ1) is 14.1. The Morgan fingerprint density at radius 2 is 1.56 bits per heavy atom. The lowest BCUT2D eigenvalue weighted by atomic mass is 9.70. The molecule has 0 nitrogen and oxygen atoms in total. The van der Waals surface area contributed by atoms with Gasteiger partial charge in [-0.3, -0.25) is 0 Å². The molecule has 0 bridgehead atoms. The highest BCUT2D eigenvalue weighted by Gasteiger charge is 2.40. The SMILES string of the molecule is CCC(C)C(C)C(C)C1C(C)CC(C)C1C. The van der Waals surface area contributed by atoms with Crippen LogP contribution in [0.4, 0.5) is 0 Å². The van der Waals surface area contributed by atoms with Gasteiger partial charge in [-0.1, -0.05) is 54.9 Å². The van der Waals surface area contributed by atoms with Crippen LogP contribution >= 0.6 is 0 Å². The molecule has 1 aliphatic carbocycles. The van der Waals surface area contributed by atoms with E-state index in [2.05, 4.69) is 48.5 Å². The summed E-state index contributed by atoms with van der Waals surface area (Å²) >= 11 is 0. The summed E-state index contributed by atoms with van der Waals surface area (Å²) in [6.45, 7) is 17.1. The molecule has 16 heavy (non-hydrogen) atoms. The molecule has 96 valence electrons. The standard InChI is InChI=1S/C16H32/c1-8-10(2)13(5)15(7)16-12(4)9-11(3)14(16)6/h10-16H,8-9H2,1-7H3. The molecule has 0 saturated heterocycles. The first-order chi connectivity index (χ1) is 7.40. The van der Waals surface area contributed by atoms with Gasteiger partial charge in [-0.05, 0) is 47.8 Å². The van der Waals surface area contributed by atoms with Crippen molar-refractivity contribution >= 4 is 0 Å². The second kappa shape index (κ2) is 5.56. The van der Waals surface area contributed by atoms with E-state index < -0.39 is 0 Å². The second-order valence-corrected chi connectivity index (χ2v) is 6.73. The van der Waals surface area contributed by atoms with Gasteiger partial charge < -0.3 is 0 Å². The van der Waals surface area contributed by atoms with Gasteiger partial charge in [0.15, 0.2) is 0 Å². The third-order valence-corrected chi connectivity index (χ3v) is 5.88. The molecule has 1 rings (SSSR count). The van der Waals surface area contributed by atoms with Crippen molar-refractivity contribution < 1.29 is 0 Å². The van der Waals surface area contributed by atoms with Crippen LogP contribution in [0.3, 0.4) is 0 Å². The Kier molecular flexibility index (Phi) is 4.88. The van der Waals surface area contributed by atoms with Gasteiger partial charge in [0.05, 0.1) is 0 Å². The Balaban J connectivity index is 2.69. The lowest BCUT2D eigenvalue weighted by molar-refractivity contribution is 0.137. The molecule has 0 aromatic heterocycles. The molecule has 0 N–H and O–H groups in total. The van der Waals surface area contributed by atoms with Gasteiger partial charge in [-0.15, -0.1) is 0 Å². The highest BCUT2D eigenvalue weighted by molar-refractivity contribution is 4.89. The highest BCUT2D eigenvalue weighted by atomic mass is 14.5. The fourth-order valence-electron chi connectivity index (χ4n) is 4.09. The first-order valence-electron chi connectivity index (χ1n) is 7.40. The van der Waals surface area contributed by atoms with E-state index in [9.17, 15) is 0 Å². The van der Waals surface area contributed by atoms with Crippen molar-refractivity contribution in [1.29, 1.82) is 0 Å². The van der Waals surface area contributed by atoms with Crippen molar-refractivity contribution in [3.8, 4) is 0 Å². The van der Waals surface area contributed by atoms with Crippen molar-refractivity contribution in [2.75, 3.05) is 0 Å². The number of hydrogen-bond donors (Lipinski definition) is 0. The van der Waals surface area contributed by atoms with Crippen LogP contribution in [0.5, 0.6) is 0 Å². The lowest BCUT2D eigenvalue weighted by Gasteiger charge is -2.35. The molecule has 0 radical (unpaired) electrons. The van der Waals surface area contributed by atoms with Gasteiger partial charge in [-0.25, -0.2) is 0 Å². The van der Waals surface area contributed by atoms with E-state index in [0.717, 1.165) is 41.4 Å². The highest BCUT2D eigenvalue weighted by Crippen LogP contribution is 2.47. The predicted octanol–water partition coefficient (Wildman–Crippen LogP) is 5.23. The van der Waals surface area contributed by atoms with Crippen LogP contribution in [-0.4, -0.2) is 0 Å². The zero-order chi connectivity index (χ0) is 12.5. The van der Waals surface area contributed by atoms with Gasteiger partial charge in [0.2, 0.25) is 0 Å². The van der Waals surface area contributed by atoms with Crippen LogP contribution in [0.1, 0.15) is 61.3 Å². The molecule has 7 unspecified atom stereocenters. The summed E-state index contributed by atoms with van der Waals surface area (Å²) in [5, 5.41) is 0.